The number of ether oxygens (including phenoxy) is 1. The third-order valence-electron chi connectivity index (χ3n) is 4.11. The zero-order chi connectivity index (χ0) is 20.3. The minimum absolute atomic E-state index is 0.0591. The number of hydrogen-bond acceptors (Lipinski definition) is 7. The molecule has 0 bridgehead atoms. The lowest BCUT2D eigenvalue weighted by atomic mass is 9.93. The summed E-state index contributed by atoms with van der Waals surface area (Å²) in [7, 11) is 0. The second-order valence-corrected chi connectivity index (χ2v) is 5.94. The lowest BCUT2D eigenvalue weighted by molar-refractivity contribution is -0.140. The summed E-state index contributed by atoms with van der Waals surface area (Å²) in [4.78, 5) is 41.4. The van der Waals surface area contributed by atoms with E-state index in [9.17, 15) is 19.5 Å². The standard InChI is InChI=1S/C17H17N5O6/c1-2-28-11-7-8(9(17(26)27)5-6-12(23)24)3-4-10(11)14-18-15-13(16(25)19-14)20-22-21-15/h3-4,7,9H,2,5-6H2,1H3,(H,23,24)(H,26,27)(H2,18,19,20,21,22,25)/t9-/m0/s1. The number of hydrogen-bond donors (Lipinski definition) is 4. The summed E-state index contributed by atoms with van der Waals surface area (Å²) in [5.41, 5.74) is 0.632. The van der Waals surface area contributed by atoms with Crippen LogP contribution < -0.4 is 10.3 Å². The number of nitrogens with zero attached hydrogens (tertiary/aromatic N) is 3. The van der Waals surface area contributed by atoms with Gasteiger partial charge in [0.1, 0.15) is 11.6 Å². The third-order valence-corrected chi connectivity index (χ3v) is 4.11. The van der Waals surface area contributed by atoms with Crippen molar-refractivity contribution >= 4 is 23.1 Å². The van der Waals surface area contributed by atoms with Gasteiger partial charge in [-0.05, 0) is 31.0 Å². The highest BCUT2D eigenvalue weighted by Crippen LogP contribution is 2.33. The zero-order valence-corrected chi connectivity index (χ0v) is 14.8. The molecule has 2 aromatic heterocycles. The first kappa shape index (κ1) is 19.0. The van der Waals surface area contributed by atoms with Crippen LogP contribution in [0, 0.1) is 0 Å². The van der Waals surface area contributed by atoms with Crippen LogP contribution in [0.2, 0.25) is 0 Å². The maximum Gasteiger partial charge on any atom is 0.310 e. The molecule has 1 aromatic carbocycles. The molecule has 0 saturated carbocycles. The van der Waals surface area contributed by atoms with Crippen LogP contribution in [0.15, 0.2) is 23.0 Å². The highest BCUT2D eigenvalue weighted by Gasteiger charge is 2.23. The van der Waals surface area contributed by atoms with Crippen LogP contribution >= 0.6 is 0 Å². The maximum atomic E-state index is 12.1. The molecular weight excluding hydrogens is 370 g/mol. The van der Waals surface area contributed by atoms with Crippen molar-refractivity contribution in [3.63, 3.8) is 0 Å². The van der Waals surface area contributed by atoms with Crippen molar-refractivity contribution in [3.05, 3.63) is 34.1 Å². The molecule has 0 saturated heterocycles. The van der Waals surface area contributed by atoms with E-state index in [1.807, 2.05) is 0 Å². The molecule has 28 heavy (non-hydrogen) atoms. The fourth-order valence-corrected chi connectivity index (χ4v) is 2.81. The molecule has 0 unspecified atom stereocenters. The fourth-order valence-electron chi connectivity index (χ4n) is 2.81. The Kier molecular flexibility index (Phi) is 5.34. The number of aromatic nitrogens is 5. The van der Waals surface area contributed by atoms with Gasteiger partial charge in [-0.1, -0.05) is 11.3 Å². The summed E-state index contributed by atoms with van der Waals surface area (Å²) < 4.78 is 5.61. The molecule has 0 fully saturated rings. The molecule has 0 aliphatic heterocycles. The lowest BCUT2D eigenvalue weighted by Gasteiger charge is -2.16. The van der Waals surface area contributed by atoms with E-state index in [2.05, 4.69) is 25.4 Å². The summed E-state index contributed by atoms with van der Waals surface area (Å²) in [6.45, 7) is 2.05. The minimum Gasteiger partial charge on any atom is -0.493 e. The van der Waals surface area contributed by atoms with Crippen LogP contribution in [0.25, 0.3) is 22.6 Å². The highest BCUT2D eigenvalue weighted by atomic mass is 16.5. The summed E-state index contributed by atoms with van der Waals surface area (Å²) in [6.07, 6.45) is -0.336. The molecule has 0 aliphatic rings. The molecule has 4 N–H and O–H groups in total. The van der Waals surface area contributed by atoms with Crippen LogP contribution in [-0.4, -0.2) is 54.1 Å². The second-order valence-electron chi connectivity index (χ2n) is 5.94. The molecule has 11 nitrogen and oxygen atoms in total. The van der Waals surface area contributed by atoms with Crippen LogP contribution in [-0.2, 0) is 9.59 Å². The number of carboxylic acid groups (broad SMARTS) is 2. The lowest BCUT2D eigenvalue weighted by Crippen LogP contribution is -2.14. The number of carboxylic acids is 2. The number of aliphatic carboxylic acids is 2. The van der Waals surface area contributed by atoms with Crippen molar-refractivity contribution in [3.8, 4) is 17.1 Å². The topological polar surface area (TPSA) is 171 Å². The Balaban J connectivity index is 2.05. The van der Waals surface area contributed by atoms with Crippen LogP contribution in [0.3, 0.4) is 0 Å². The molecular formula is C17H17N5O6. The summed E-state index contributed by atoms with van der Waals surface area (Å²) >= 11 is 0. The van der Waals surface area contributed by atoms with E-state index in [1.165, 1.54) is 6.07 Å². The van der Waals surface area contributed by atoms with Gasteiger partial charge < -0.3 is 19.9 Å². The highest BCUT2D eigenvalue weighted by molar-refractivity contribution is 5.79. The molecule has 0 amide bonds. The molecule has 3 rings (SSSR count). The Hall–Kier alpha value is -3.76. The van der Waals surface area contributed by atoms with Gasteiger partial charge in [-0.2, -0.15) is 0 Å². The Morgan fingerprint density at radius 2 is 2.07 bits per heavy atom. The molecule has 0 radical (unpaired) electrons. The van der Waals surface area contributed by atoms with E-state index in [1.54, 1.807) is 19.1 Å². The number of benzene rings is 1. The number of aromatic amines is 2. The van der Waals surface area contributed by atoms with Gasteiger partial charge >= 0.3 is 11.9 Å². The van der Waals surface area contributed by atoms with Crippen molar-refractivity contribution in [2.24, 2.45) is 0 Å². The maximum absolute atomic E-state index is 12.1. The van der Waals surface area contributed by atoms with E-state index in [4.69, 9.17) is 9.84 Å². The Labute approximate surface area is 157 Å². The number of H-pyrrole nitrogens is 2. The van der Waals surface area contributed by atoms with Crippen molar-refractivity contribution in [2.75, 3.05) is 6.61 Å². The third kappa shape index (κ3) is 3.82. The van der Waals surface area contributed by atoms with E-state index in [0.717, 1.165) is 0 Å². The van der Waals surface area contributed by atoms with Crippen LogP contribution in [0.1, 0.15) is 31.2 Å². The van der Waals surface area contributed by atoms with E-state index in [0.29, 0.717) is 23.5 Å². The van der Waals surface area contributed by atoms with Crippen LogP contribution in [0.4, 0.5) is 0 Å². The van der Waals surface area contributed by atoms with Gasteiger partial charge in [-0.3, -0.25) is 14.4 Å². The number of rotatable bonds is 8. The van der Waals surface area contributed by atoms with Gasteiger partial charge in [-0.25, -0.2) is 10.1 Å². The van der Waals surface area contributed by atoms with Crippen molar-refractivity contribution in [1.29, 1.82) is 0 Å². The SMILES string of the molecule is CCOc1cc([C@H](CCC(=O)O)C(=O)O)ccc1-c1nc2[nH]nnc2c(=O)[nH]1. The number of carbonyl (C=O) groups is 2. The first-order valence-corrected chi connectivity index (χ1v) is 8.43. The van der Waals surface area contributed by atoms with Gasteiger partial charge in [0.2, 0.25) is 0 Å². The molecule has 0 aliphatic carbocycles. The predicted octanol–water partition coefficient (Wildman–Crippen LogP) is 1.14. The van der Waals surface area contributed by atoms with Crippen molar-refractivity contribution < 1.29 is 24.5 Å². The summed E-state index contributed by atoms with van der Waals surface area (Å²) in [5.74, 6) is -2.69. The molecule has 3 aromatic rings. The Morgan fingerprint density at radius 3 is 2.75 bits per heavy atom. The number of nitrogens with one attached hydrogen (secondary N) is 2. The quantitative estimate of drug-likeness (QED) is 0.442. The monoisotopic (exact) mass is 387 g/mol. The molecule has 11 heteroatoms. The minimum atomic E-state index is -1.13. The van der Waals surface area contributed by atoms with Gasteiger partial charge in [0.15, 0.2) is 11.2 Å². The Morgan fingerprint density at radius 1 is 1.29 bits per heavy atom. The van der Waals surface area contributed by atoms with E-state index >= 15 is 0 Å². The van der Waals surface area contributed by atoms with Gasteiger partial charge in [0, 0.05) is 6.42 Å². The molecule has 0 spiro atoms. The second kappa shape index (κ2) is 7.86. The Bertz CT molecular complexity index is 1090. The molecule has 146 valence electrons. The zero-order valence-electron chi connectivity index (χ0n) is 14.8. The molecule has 2 heterocycles. The fraction of sp³-hybridized carbons (Fsp3) is 0.294. The predicted molar refractivity (Wildman–Crippen MR) is 96.2 cm³/mol. The smallest absolute Gasteiger partial charge is 0.310 e. The summed E-state index contributed by atoms with van der Waals surface area (Å²) in [5, 5.41) is 28.0. The first-order valence-electron chi connectivity index (χ1n) is 8.43. The van der Waals surface area contributed by atoms with Gasteiger partial charge in [-0.15, -0.1) is 5.10 Å². The average molecular weight is 387 g/mol. The van der Waals surface area contributed by atoms with Crippen molar-refractivity contribution in [2.45, 2.75) is 25.7 Å². The first-order chi connectivity index (χ1) is 13.4. The largest absolute Gasteiger partial charge is 0.493 e. The van der Waals surface area contributed by atoms with Gasteiger partial charge in [0.05, 0.1) is 18.1 Å². The number of fused-ring (bicyclic) bond motifs is 1. The van der Waals surface area contributed by atoms with E-state index < -0.39 is 23.4 Å². The normalized spacial score (nSPS) is 12.0. The van der Waals surface area contributed by atoms with E-state index in [-0.39, 0.29) is 29.8 Å². The summed E-state index contributed by atoms with van der Waals surface area (Å²) in [6, 6.07) is 4.65. The van der Waals surface area contributed by atoms with Gasteiger partial charge in [0.25, 0.3) is 5.56 Å². The molecule has 1 atom stereocenters. The van der Waals surface area contributed by atoms with Crippen molar-refractivity contribution in [1.82, 2.24) is 25.4 Å². The average Bonchev–Trinajstić information content (AvgIpc) is 3.11. The van der Waals surface area contributed by atoms with Crippen LogP contribution in [0.5, 0.6) is 5.75 Å².